The number of hydrogen-bond donors (Lipinski definition) is 2. The van der Waals surface area contributed by atoms with Gasteiger partial charge in [-0.15, -0.1) is 0 Å². The Morgan fingerprint density at radius 3 is 2.42 bits per heavy atom. The van der Waals surface area contributed by atoms with Crippen molar-refractivity contribution in [1.29, 1.82) is 5.26 Å². The lowest BCUT2D eigenvalue weighted by Crippen LogP contribution is -2.46. The van der Waals surface area contributed by atoms with Crippen molar-refractivity contribution >= 4 is 23.0 Å². The van der Waals surface area contributed by atoms with E-state index in [-0.39, 0.29) is 59.9 Å². The number of pyridine rings is 1. The second-order valence-corrected chi connectivity index (χ2v) is 8.29. The molecule has 2 aliphatic rings. The highest BCUT2D eigenvalue weighted by molar-refractivity contribution is 6.13. The van der Waals surface area contributed by atoms with E-state index in [9.17, 15) is 36.8 Å². The molecule has 0 fully saturated rings. The minimum atomic E-state index is -5.04. The van der Waals surface area contributed by atoms with E-state index in [0.29, 0.717) is 17.8 Å². The first kappa shape index (κ1) is 23.5. The van der Waals surface area contributed by atoms with Gasteiger partial charge in [0.05, 0.1) is 28.1 Å². The molecule has 0 saturated heterocycles. The number of nitriles is 1. The minimum absolute atomic E-state index is 0.0323. The number of aromatic nitrogens is 1. The monoisotopic (exact) mass is 501 g/mol. The van der Waals surface area contributed by atoms with E-state index in [0.717, 1.165) is 6.07 Å². The van der Waals surface area contributed by atoms with Crippen molar-refractivity contribution in [3.8, 4) is 6.07 Å². The number of hydrogen-bond acceptors (Lipinski definition) is 5. The quantitative estimate of drug-likeness (QED) is 0.456. The summed E-state index contributed by atoms with van der Waals surface area (Å²) < 4.78 is 69.8. The standard InChI is InChI=1S/C24H16F5N5O2/c25-16-1-2-19-14(13(16)9-30)10-31-6-5-18-20(3-4-22(35)32-18)34-11-33(19)21-8-15(24(27,28)29)17(26)7-12(21)23(34)36/h1-4,7-8,31H,5-6,10-11H2,(H,32,35). The van der Waals surface area contributed by atoms with Crippen molar-refractivity contribution in [2.45, 2.75) is 19.1 Å². The molecule has 2 bridgehead atoms. The van der Waals surface area contributed by atoms with Gasteiger partial charge in [0.2, 0.25) is 5.56 Å². The maximum absolute atomic E-state index is 14.6. The lowest BCUT2D eigenvalue weighted by molar-refractivity contribution is -0.139. The van der Waals surface area contributed by atoms with Crippen molar-refractivity contribution in [1.82, 2.24) is 10.3 Å². The van der Waals surface area contributed by atoms with Gasteiger partial charge in [0, 0.05) is 42.5 Å². The molecule has 1 aromatic heterocycles. The molecule has 3 aromatic rings. The molecule has 2 aromatic carbocycles. The Bertz CT molecular complexity index is 1510. The molecule has 5 rings (SSSR count). The number of fused-ring (bicyclic) bond motifs is 8. The van der Waals surface area contributed by atoms with Gasteiger partial charge in [-0.1, -0.05) is 0 Å². The summed E-state index contributed by atoms with van der Waals surface area (Å²) in [5.41, 5.74) is -1.92. The Morgan fingerprint density at radius 1 is 0.944 bits per heavy atom. The molecular formula is C24H16F5N5O2. The van der Waals surface area contributed by atoms with Crippen LogP contribution in [0.5, 0.6) is 0 Å². The topological polar surface area (TPSA) is 92.2 Å². The van der Waals surface area contributed by atoms with E-state index in [4.69, 9.17) is 0 Å². The fourth-order valence-corrected chi connectivity index (χ4v) is 4.53. The van der Waals surface area contributed by atoms with E-state index in [1.165, 1.54) is 28.0 Å². The summed E-state index contributed by atoms with van der Waals surface area (Å²) in [6.45, 7) is -0.109. The van der Waals surface area contributed by atoms with Crippen LogP contribution in [0.1, 0.15) is 32.7 Å². The molecule has 184 valence electrons. The van der Waals surface area contributed by atoms with Gasteiger partial charge in [-0.3, -0.25) is 14.5 Å². The first-order valence-corrected chi connectivity index (χ1v) is 10.7. The first-order valence-electron chi connectivity index (χ1n) is 10.7. The van der Waals surface area contributed by atoms with E-state index in [2.05, 4.69) is 10.3 Å². The zero-order chi connectivity index (χ0) is 25.8. The van der Waals surface area contributed by atoms with Crippen LogP contribution in [0, 0.1) is 23.0 Å². The molecule has 7 nitrogen and oxygen atoms in total. The number of rotatable bonds is 0. The molecule has 0 unspecified atom stereocenters. The molecule has 2 aliphatic heterocycles. The van der Waals surface area contributed by atoms with E-state index in [1.54, 1.807) is 6.07 Å². The van der Waals surface area contributed by atoms with Crippen LogP contribution in [-0.2, 0) is 19.1 Å². The van der Waals surface area contributed by atoms with Crippen LogP contribution in [0.25, 0.3) is 0 Å². The Morgan fingerprint density at radius 2 is 1.69 bits per heavy atom. The third-order valence-electron chi connectivity index (χ3n) is 6.20. The van der Waals surface area contributed by atoms with Crippen LogP contribution in [0.15, 0.2) is 41.2 Å². The van der Waals surface area contributed by atoms with E-state index in [1.807, 2.05) is 0 Å². The molecule has 1 amide bonds. The highest BCUT2D eigenvalue weighted by Gasteiger charge is 2.40. The predicted molar refractivity (Wildman–Crippen MR) is 119 cm³/mol. The second-order valence-electron chi connectivity index (χ2n) is 8.29. The van der Waals surface area contributed by atoms with E-state index < -0.39 is 34.8 Å². The number of benzene rings is 2. The molecule has 0 spiro atoms. The number of carbonyl (C=O) groups is 1. The van der Waals surface area contributed by atoms with Gasteiger partial charge in [-0.2, -0.15) is 18.4 Å². The number of nitrogens with one attached hydrogen (secondary N) is 2. The van der Waals surface area contributed by atoms with Crippen molar-refractivity contribution in [3.05, 3.63) is 86.3 Å². The van der Waals surface area contributed by atoms with Crippen LogP contribution in [0.3, 0.4) is 0 Å². The lowest BCUT2D eigenvalue weighted by atomic mass is 9.99. The van der Waals surface area contributed by atoms with E-state index >= 15 is 0 Å². The van der Waals surface area contributed by atoms with Gasteiger partial charge in [0.25, 0.3) is 5.91 Å². The second kappa shape index (κ2) is 8.46. The first-order chi connectivity index (χ1) is 17.1. The zero-order valence-electron chi connectivity index (χ0n) is 18.3. The predicted octanol–water partition coefficient (Wildman–Crippen LogP) is 3.95. The van der Waals surface area contributed by atoms with Crippen LogP contribution in [-0.4, -0.2) is 24.1 Å². The van der Waals surface area contributed by atoms with Crippen molar-refractivity contribution in [2.24, 2.45) is 0 Å². The Hall–Kier alpha value is -4.24. The number of H-pyrrole nitrogens is 1. The number of carbonyl (C=O) groups excluding carboxylic acids is 1. The number of aromatic amines is 1. The van der Waals surface area contributed by atoms with Gasteiger partial charge in [-0.25, -0.2) is 8.78 Å². The molecule has 36 heavy (non-hydrogen) atoms. The van der Waals surface area contributed by atoms with Gasteiger partial charge >= 0.3 is 6.18 Å². The van der Waals surface area contributed by atoms with Crippen molar-refractivity contribution in [3.63, 3.8) is 0 Å². The molecule has 0 saturated carbocycles. The molecule has 2 N–H and O–H groups in total. The van der Waals surface area contributed by atoms with Gasteiger partial charge in [-0.05, 0) is 30.3 Å². The molecule has 0 atom stereocenters. The summed E-state index contributed by atoms with van der Waals surface area (Å²) >= 11 is 0. The number of halogens is 5. The maximum Gasteiger partial charge on any atom is 0.419 e. The smallest absolute Gasteiger partial charge is 0.324 e. The fourth-order valence-electron chi connectivity index (χ4n) is 4.53. The summed E-state index contributed by atoms with van der Waals surface area (Å²) in [6, 6.07) is 7.77. The fraction of sp³-hybridized carbons (Fsp3) is 0.208. The summed E-state index contributed by atoms with van der Waals surface area (Å²) in [7, 11) is 0. The van der Waals surface area contributed by atoms with Crippen LogP contribution < -0.4 is 20.7 Å². The molecule has 12 heteroatoms. The number of amides is 1. The zero-order valence-corrected chi connectivity index (χ0v) is 18.3. The lowest BCUT2D eigenvalue weighted by Gasteiger charge is -2.39. The average Bonchev–Trinajstić information content (AvgIpc) is 2.84. The highest BCUT2D eigenvalue weighted by Crippen LogP contribution is 2.43. The number of nitrogens with zero attached hydrogens (tertiary/aromatic N) is 3. The summed E-state index contributed by atoms with van der Waals surface area (Å²) in [5, 5.41) is 12.7. The number of anilines is 3. The third kappa shape index (κ3) is 3.77. The van der Waals surface area contributed by atoms with Crippen LogP contribution >= 0.6 is 0 Å². The number of alkyl halides is 3. The summed E-state index contributed by atoms with van der Waals surface area (Å²) in [6.07, 6.45) is -4.80. The van der Waals surface area contributed by atoms with Gasteiger partial charge in [0.1, 0.15) is 24.4 Å². The highest BCUT2D eigenvalue weighted by atomic mass is 19.4. The summed E-state index contributed by atoms with van der Waals surface area (Å²) in [5.74, 6) is -3.22. The van der Waals surface area contributed by atoms with Crippen molar-refractivity contribution in [2.75, 3.05) is 23.0 Å². The SMILES string of the molecule is N#Cc1c(F)ccc2c1CNCCc1[nH]c(=O)ccc1N1CN2c2cc(C(F)(F)F)c(F)cc2C1=O. The third-order valence-corrected chi connectivity index (χ3v) is 6.20. The Kier molecular flexibility index (Phi) is 5.52. The maximum atomic E-state index is 14.6. The van der Waals surface area contributed by atoms with Gasteiger partial charge < -0.3 is 15.2 Å². The normalized spacial score (nSPS) is 15.4. The minimum Gasteiger partial charge on any atom is -0.324 e. The van der Waals surface area contributed by atoms with Crippen LogP contribution in [0.2, 0.25) is 0 Å². The molecule has 0 aliphatic carbocycles. The molecule has 3 heterocycles. The molecule has 0 radical (unpaired) electrons. The largest absolute Gasteiger partial charge is 0.419 e. The Labute approximate surface area is 200 Å². The Balaban J connectivity index is 1.83. The van der Waals surface area contributed by atoms with Crippen molar-refractivity contribution < 1.29 is 26.7 Å². The van der Waals surface area contributed by atoms with Crippen LogP contribution in [0.4, 0.5) is 39.0 Å². The summed E-state index contributed by atoms with van der Waals surface area (Å²) in [4.78, 5) is 30.6. The average molecular weight is 501 g/mol. The molecular weight excluding hydrogens is 485 g/mol. The van der Waals surface area contributed by atoms with Gasteiger partial charge in [0.15, 0.2) is 0 Å².